The summed E-state index contributed by atoms with van der Waals surface area (Å²) in [7, 11) is 0. The van der Waals surface area contributed by atoms with E-state index in [1.54, 1.807) is 0 Å². The first-order valence-corrected chi connectivity index (χ1v) is 5.12. The van der Waals surface area contributed by atoms with Gasteiger partial charge in [-0.15, -0.1) is 11.8 Å². The molecule has 72 valence electrons. The summed E-state index contributed by atoms with van der Waals surface area (Å²) in [5.41, 5.74) is 0.908. The van der Waals surface area contributed by atoms with E-state index >= 15 is 0 Å². The number of hydrogen-bond donors (Lipinski definition) is 1. The predicted octanol–water partition coefficient (Wildman–Crippen LogP) is 1.55. The molecule has 0 saturated carbocycles. The monoisotopic (exact) mass is 201 g/mol. The molecular formula is C8H11NO3S. The normalized spacial score (nSPS) is 10.2. The first-order valence-electron chi connectivity index (χ1n) is 3.96. The zero-order chi connectivity index (χ0) is 9.68. The molecule has 0 aliphatic carbocycles. The fourth-order valence-electron chi connectivity index (χ4n) is 0.829. The molecule has 1 aromatic rings. The molecule has 0 bridgehead atoms. The third-order valence-corrected chi connectivity index (χ3v) is 2.38. The molecule has 0 spiro atoms. The number of aromatic nitrogens is 1. The largest absolute Gasteiger partial charge is 0.481 e. The third kappa shape index (κ3) is 3.50. The molecule has 0 aliphatic heterocycles. The van der Waals surface area contributed by atoms with Gasteiger partial charge in [-0.3, -0.25) is 4.79 Å². The van der Waals surface area contributed by atoms with Gasteiger partial charge in [0.05, 0.1) is 17.2 Å². The molecular weight excluding hydrogens is 190 g/mol. The van der Waals surface area contributed by atoms with Crippen LogP contribution in [-0.4, -0.2) is 22.0 Å². The Balaban J connectivity index is 2.32. The van der Waals surface area contributed by atoms with Crippen molar-refractivity contribution >= 4 is 17.7 Å². The Labute approximate surface area is 80.3 Å². The van der Waals surface area contributed by atoms with E-state index in [-0.39, 0.29) is 5.75 Å². The van der Waals surface area contributed by atoms with Crippen molar-refractivity contribution in [3.05, 3.63) is 17.5 Å². The van der Waals surface area contributed by atoms with E-state index in [1.807, 2.05) is 13.0 Å². The average molecular weight is 201 g/mol. The second-order valence-electron chi connectivity index (χ2n) is 2.52. The number of thioether (sulfide) groups is 1. The third-order valence-electron chi connectivity index (χ3n) is 1.44. The number of nitrogens with zero attached hydrogens (tertiary/aromatic N) is 1. The quantitative estimate of drug-likeness (QED) is 0.783. The molecule has 1 N–H and O–H groups in total. The van der Waals surface area contributed by atoms with Crippen LogP contribution in [0, 0.1) is 0 Å². The molecule has 0 aliphatic rings. The molecule has 13 heavy (non-hydrogen) atoms. The molecule has 5 heteroatoms. The highest BCUT2D eigenvalue weighted by Crippen LogP contribution is 2.13. The lowest BCUT2D eigenvalue weighted by molar-refractivity contribution is -0.133. The summed E-state index contributed by atoms with van der Waals surface area (Å²) in [6.45, 7) is 1.99. The van der Waals surface area contributed by atoms with Crippen LogP contribution >= 0.6 is 11.8 Å². The maximum Gasteiger partial charge on any atom is 0.313 e. The molecule has 0 saturated heterocycles. The van der Waals surface area contributed by atoms with Gasteiger partial charge in [0.15, 0.2) is 0 Å². The van der Waals surface area contributed by atoms with E-state index in [9.17, 15) is 4.79 Å². The van der Waals surface area contributed by atoms with Crippen LogP contribution in [0.4, 0.5) is 0 Å². The van der Waals surface area contributed by atoms with E-state index in [1.165, 1.54) is 11.8 Å². The van der Waals surface area contributed by atoms with Gasteiger partial charge in [0.2, 0.25) is 0 Å². The Bertz CT molecular complexity index is 285. The number of hydrogen-bond acceptors (Lipinski definition) is 4. The number of carboxylic acid groups (broad SMARTS) is 1. The van der Waals surface area contributed by atoms with Crippen LogP contribution in [0.3, 0.4) is 0 Å². The van der Waals surface area contributed by atoms with E-state index in [0.717, 1.165) is 17.9 Å². The van der Waals surface area contributed by atoms with E-state index in [0.29, 0.717) is 5.75 Å². The predicted molar refractivity (Wildman–Crippen MR) is 49.7 cm³/mol. The summed E-state index contributed by atoms with van der Waals surface area (Å²) in [4.78, 5) is 10.2. The average Bonchev–Trinajstić information content (AvgIpc) is 2.52. The maximum atomic E-state index is 10.2. The summed E-state index contributed by atoms with van der Waals surface area (Å²) in [6.07, 6.45) is 0.840. The highest BCUT2D eigenvalue weighted by molar-refractivity contribution is 7.99. The maximum absolute atomic E-state index is 10.2. The number of aryl methyl sites for hydroxylation is 1. The van der Waals surface area contributed by atoms with Gasteiger partial charge in [-0.2, -0.15) is 0 Å². The molecule has 4 nitrogen and oxygen atoms in total. The lowest BCUT2D eigenvalue weighted by atomic mass is 10.3. The van der Waals surface area contributed by atoms with Gasteiger partial charge >= 0.3 is 5.97 Å². The van der Waals surface area contributed by atoms with Gasteiger partial charge in [0, 0.05) is 6.07 Å². The van der Waals surface area contributed by atoms with Crippen LogP contribution in [0.2, 0.25) is 0 Å². The summed E-state index contributed by atoms with van der Waals surface area (Å²) in [6, 6.07) is 1.86. The summed E-state index contributed by atoms with van der Waals surface area (Å²) < 4.78 is 4.97. The Kier molecular flexibility index (Phi) is 3.82. The molecule has 0 unspecified atom stereocenters. The summed E-state index contributed by atoms with van der Waals surface area (Å²) in [5, 5.41) is 12.2. The zero-order valence-corrected chi connectivity index (χ0v) is 8.13. The second-order valence-corrected chi connectivity index (χ2v) is 3.51. The molecule has 0 amide bonds. The Hall–Kier alpha value is -0.970. The van der Waals surface area contributed by atoms with Gasteiger partial charge in [-0.1, -0.05) is 12.1 Å². The van der Waals surface area contributed by atoms with Gasteiger partial charge in [-0.25, -0.2) is 0 Å². The van der Waals surface area contributed by atoms with Gasteiger partial charge in [-0.05, 0) is 6.42 Å². The number of aliphatic carboxylic acids is 1. The first kappa shape index (κ1) is 10.1. The van der Waals surface area contributed by atoms with Crippen LogP contribution in [0.5, 0.6) is 0 Å². The van der Waals surface area contributed by atoms with Gasteiger partial charge in [0.1, 0.15) is 5.76 Å². The Morgan fingerprint density at radius 1 is 1.77 bits per heavy atom. The molecule has 0 atom stereocenters. The smallest absolute Gasteiger partial charge is 0.313 e. The van der Waals surface area contributed by atoms with E-state index in [4.69, 9.17) is 9.63 Å². The minimum Gasteiger partial charge on any atom is -0.481 e. The highest BCUT2D eigenvalue weighted by Gasteiger charge is 2.03. The lowest BCUT2D eigenvalue weighted by Gasteiger charge is -1.91. The zero-order valence-electron chi connectivity index (χ0n) is 7.32. The molecule has 0 fully saturated rings. The molecule has 1 aromatic heterocycles. The van der Waals surface area contributed by atoms with Crippen molar-refractivity contribution in [1.82, 2.24) is 5.16 Å². The van der Waals surface area contributed by atoms with Crippen LogP contribution in [0.15, 0.2) is 10.6 Å². The van der Waals surface area contributed by atoms with Crippen molar-refractivity contribution < 1.29 is 14.4 Å². The first-order chi connectivity index (χ1) is 6.22. The van der Waals surface area contributed by atoms with E-state index in [2.05, 4.69) is 5.16 Å². The Morgan fingerprint density at radius 3 is 3.08 bits per heavy atom. The lowest BCUT2D eigenvalue weighted by Crippen LogP contribution is -1.97. The van der Waals surface area contributed by atoms with E-state index < -0.39 is 5.97 Å². The number of rotatable bonds is 5. The van der Waals surface area contributed by atoms with Crippen molar-refractivity contribution in [1.29, 1.82) is 0 Å². The van der Waals surface area contributed by atoms with Crippen molar-refractivity contribution in [2.24, 2.45) is 0 Å². The van der Waals surface area contributed by atoms with Crippen molar-refractivity contribution in [3.63, 3.8) is 0 Å². The van der Waals surface area contributed by atoms with Crippen LogP contribution in [0.1, 0.15) is 18.4 Å². The van der Waals surface area contributed by atoms with Crippen LogP contribution in [-0.2, 0) is 17.0 Å². The standard InChI is InChI=1S/C8H11NO3S/c1-2-6-3-7(12-9-6)4-13-5-8(10)11/h3H,2,4-5H2,1H3,(H,10,11). The SMILES string of the molecule is CCc1cc(CSCC(=O)O)on1. The number of carbonyl (C=O) groups is 1. The topological polar surface area (TPSA) is 63.3 Å². The molecule has 1 heterocycles. The van der Waals surface area contributed by atoms with Gasteiger partial charge in [0.25, 0.3) is 0 Å². The van der Waals surface area contributed by atoms with Crippen molar-refractivity contribution in [3.8, 4) is 0 Å². The minimum absolute atomic E-state index is 0.0994. The summed E-state index contributed by atoms with van der Waals surface area (Å²) >= 11 is 1.30. The van der Waals surface area contributed by atoms with Crippen LogP contribution in [0.25, 0.3) is 0 Å². The fourth-order valence-corrected chi connectivity index (χ4v) is 1.44. The van der Waals surface area contributed by atoms with Crippen molar-refractivity contribution in [2.45, 2.75) is 19.1 Å². The molecule has 0 aromatic carbocycles. The highest BCUT2D eigenvalue weighted by atomic mass is 32.2. The molecule has 1 rings (SSSR count). The Morgan fingerprint density at radius 2 is 2.54 bits per heavy atom. The molecule has 0 radical (unpaired) electrons. The van der Waals surface area contributed by atoms with Gasteiger partial charge < -0.3 is 9.63 Å². The fraction of sp³-hybridized carbons (Fsp3) is 0.500. The summed E-state index contributed by atoms with van der Waals surface area (Å²) in [5.74, 6) is 0.602. The second kappa shape index (κ2) is 4.91. The van der Waals surface area contributed by atoms with Crippen molar-refractivity contribution in [2.75, 3.05) is 5.75 Å². The minimum atomic E-state index is -0.805. The van der Waals surface area contributed by atoms with Crippen LogP contribution < -0.4 is 0 Å². The number of carboxylic acids is 1.